The van der Waals surface area contributed by atoms with E-state index in [1.54, 1.807) is 11.8 Å². The summed E-state index contributed by atoms with van der Waals surface area (Å²) in [6.45, 7) is 1.83. The van der Waals surface area contributed by atoms with Crippen molar-refractivity contribution in [1.82, 2.24) is 4.90 Å². The zero-order valence-electron chi connectivity index (χ0n) is 13.8. The summed E-state index contributed by atoms with van der Waals surface area (Å²) in [5, 5.41) is 10.1. The third-order valence-electron chi connectivity index (χ3n) is 3.47. The number of aliphatic hydroxyl groups is 1. The molecule has 1 N–H and O–H groups in total. The molecular weight excluding hydrogens is 306 g/mol. The van der Waals surface area contributed by atoms with Gasteiger partial charge in [0, 0.05) is 17.2 Å². The molecule has 0 bridgehead atoms. The third-order valence-corrected chi connectivity index (χ3v) is 4.55. The van der Waals surface area contributed by atoms with Crippen LogP contribution in [0.3, 0.4) is 0 Å². The molecule has 0 aromatic heterocycles. The highest BCUT2D eigenvalue weighted by molar-refractivity contribution is 7.98. The van der Waals surface area contributed by atoms with E-state index in [9.17, 15) is 5.11 Å². The number of thioether (sulfide) groups is 1. The number of nitrogens with zero attached hydrogens (tertiary/aromatic N) is 1. The normalized spacial score (nSPS) is 12.5. The lowest BCUT2D eigenvalue weighted by atomic mass is 10.1. The first-order valence-corrected chi connectivity index (χ1v) is 8.81. The van der Waals surface area contributed by atoms with Gasteiger partial charge in [-0.1, -0.05) is 42.5 Å². The molecular formula is C19H25NO2S. The predicted octanol–water partition coefficient (Wildman–Crippen LogP) is 3.59. The Labute approximate surface area is 143 Å². The molecule has 4 heteroatoms. The van der Waals surface area contributed by atoms with Crippen molar-refractivity contribution in [2.45, 2.75) is 16.8 Å². The maximum Gasteiger partial charge on any atom is 0.102 e. The van der Waals surface area contributed by atoms with Crippen LogP contribution in [-0.2, 0) is 10.5 Å². The van der Waals surface area contributed by atoms with Crippen molar-refractivity contribution in [1.29, 1.82) is 0 Å². The average molecular weight is 331 g/mol. The van der Waals surface area contributed by atoms with E-state index in [-0.39, 0.29) is 0 Å². The topological polar surface area (TPSA) is 32.7 Å². The molecule has 0 aliphatic rings. The van der Waals surface area contributed by atoms with Gasteiger partial charge in [-0.25, -0.2) is 0 Å². The Morgan fingerprint density at radius 3 is 2.39 bits per heavy atom. The summed E-state index contributed by atoms with van der Waals surface area (Å²) in [5.41, 5.74) is 2.22. The summed E-state index contributed by atoms with van der Waals surface area (Å²) in [5.74, 6) is 0.955. The smallest absolute Gasteiger partial charge is 0.102 e. The Bertz CT molecular complexity index is 557. The van der Waals surface area contributed by atoms with Gasteiger partial charge >= 0.3 is 0 Å². The molecule has 2 aromatic rings. The van der Waals surface area contributed by atoms with Crippen molar-refractivity contribution in [3.8, 4) is 0 Å². The minimum absolute atomic E-state index is 0.338. The van der Waals surface area contributed by atoms with Crippen molar-refractivity contribution in [3.05, 3.63) is 65.7 Å². The largest absolute Gasteiger partial charge is 0.386 e. The highest BCUT2D eigenvalue weighted by Gasteiger charge is 2.08. The number of ether oxygens (including phenoxy) is 1. The van der Waals surface area contributed by atoms with E-state index < -0.39 is 6.10 Å². The Morgan fingerprint density at radius 2 is 1.74 bits per heavy atom. The van der Waals surface area contributed by atoms with E-state index >= 15 is 0 Å². The summed E-state index contributed by atoms with van der Waals surface area (Å²) in [6.07, 6.45) is -0.565. The van der Waals surface area contributed by atoms with E-state index in [0.29, 0.717) is 13.2 Å². The molecule has 0 fully saturated rings. The molecule has 3 nitrogen and oxygen atoms in total. The summed E-state index contributed by atoms with van der Waals surface area (Å²) in [7, 11) is 4.01. The second-order valence-electron chi connectivity index (χ2n) is 5.74. The maximum absolute atomic E-state index is 10.1. The Kier molecular flexibility index (Phi) is 7.62. The fourth-order valence-electron chi connectivity index (χ4n) is 2.07. The van der Waals surface area contributed by atoms with Crippen LogP contribution >= 0.6 is 11.8 Å². The van der Waals surface area contributed by atoms with E-state index in [2.05, 4.69) is 41.3 Å². The van der Waals surface area contributed by atoms with Gasteiger partial charge in [0.15, 0.2) is 0 Å². The van der Waals surface area contributed by atoms with Gasteiger partial charge in [0.25, 0.3) is 0 Å². The molecule has 124 valence electrons. The van der Waals surface area contributed by atoms with E-state index in [1.165, 1.54) is 10.5 Å². The zero-order chi connectivity index (χ0) is 16.5. The van der Waals surface area contributed by atoms with E-state index in [0.717, 1.165) is 17.9 Å². The van der Waals surface area contributed by atoms with Crippen molar-refractivity contribution >= 4 is 11.8 Å². The third kappa shape index (κ3) is 6.75. The van der Waals surface area contributed by atoms with Crippen LogP contribution < -0.4 is 0 Å². The van der Waals surface area contributed by atoms with Crippen molar-refractivity contribution in [2.24, 2.45) is 0 Å². The van der Waals surface area contributed by atoms with Crippen molar-refractivity contribution < 1.29 is 9.84 Å². The minimum Gasteiger partial charge on any atom is -0.386 e. The van der Waals surface area contributed by atoms with Gasteiger partial charge in [-0.2, -0.15) is 0 Å². The quantitative estimate of drug-likeness (QED) is 0.562. The monoisotopic (exact) mass is 331 g/mol. The Morgan fingerprint density at radius 1 is 1.04 bits per heavy atom. The van der Waals surface area contributed by atoms with Crippen LogP contribution in [0.5, 0.6) is 0 Å². The van der Waals surface area contributed by atoms with Crippen LogP contribution in [0, 0.1) is 0 Å². The maximum atomic E-state index is 10.1. The summed E-state index contributed by atoms with van der Waals surface area (Å²) < 4.78 is 5.50. The first-order valence-electron chi connectivity index (χ1n) is 7.82. The number of rotatable bonds is 9. The number of hydrogen-bond acceptors (Lipinski definition) is 4. The highest BCUT2D eigenvalue weighted by Crippen LogP contribution is 2.24. The number of benzene rings is 2. The van der Waals surface area contributed by atoms with Crippen molar-refractivity contribution in [2.75, 3.05) is 33.9 Å². The van der Waals surface area contributed by atoms with Gasteiger partial charge in [0.2, 0.25) is 0 Å². The lowest BCUT2D eigenvalue weighted by molar-refractivity contribution is 0.0306. The number of aliphatic hydroxyl groups excluding tert-OH is 1. The molecule has 0 aliphatic heterocycles. The van der Waals surface area contributed by atoms with Gasteiger partial charge in [-0.3, -0.25) is 0 Å². The molecule has 0 aliphatic carbocycles. The fourth-order valence-corrected chi connectivity index (χ4v) is 2.92. The lowest BCUT2D eigenvalue weighted by Gasteiger charge is -2.14. The van der Waals surface area contributed by atoms with E-state index in [4.69, 9.17) is 4.74 Å². The van der Waals surface area contributed by atoms with Crippen LogP contribution in [0.1, 0.15) is 17.2 Å². The lowest BCUT2D eigenvalue weighted by Crippen LogP contribution is -2.19. The van der Waals surface area contributed by atoms with Gasteiger partial charge < -0.3 is 14.7 Å². The Balaban J connectivity index is 1.77. The second kappa shape index (κ2) is 9.73. The summed E-state index contributed by atoms with van der Waals surface area (Å²) >= 11 is 1.80. The predicted molar refractivity (Wildman–Crippen MR) is 96.8 cm³/mol. The molecule has 1 atom stereocenters. The molecule has 1 unspecified atom stereocenters. The summed E-state index contributed by atoms with van der Waals surface area (Å²) in [6, 6.07) is 18.5. The van der Waals surface area contributed by atoms with Gasteiger partial charge in [0.1, 0.15) is 6.10 Å². The standard InChI is InChI=1S/C19H25NO2S/c1-20(2)12-13-22-14-19(21)17-8-10-18(11-9-17)23-15-16-6-4-3-5-7-16/h3-11,19,21H,12-15H2,1-2H3. The first-order chi connectivity index (χ1) is 11.1. The molecule has 0 saturated heterocycles. The van der Waals surface area contributed by atoms with Gasteiger partial charge in [0.05, 0.1) is 13.2 Å². The highest BCUT2D eigenvalue weighted by atomic mass is 32.2. The van der Waals surface area contributed by atoms with Gasteiger partial charge in [-0.15, -0.1) is 11.8 Å². The first kappa shape index (κ1) is 18.0. The van der Waals surface area contributed by atoms with E-state index in [1.807, 2.05) is 32.3 Å². The fraction of sp³-hybridized carbons (Fsp3) is 0.368. The van der Waals surface area contributed by atoms with Crippen LogP contribution in [0.4, 0.5) is 0 Å². The SMILES string of the molecule is CN(C)CCOCC(O)c1ccc(SCc2ccccc2)cc1. The molecule has 0 spiro atoms. The molecule has 0 amide bonds. The van der Waals surface area contributed by atoms with Crippen molar-refractivity contribution in [3.63, 3.8) is 0 Å². The molecule has 0 radical (unpaired) electrons. The molecule has 2 aromatic carbocycles. The number of likely N-dealkylation sites (N-methyl/N-ethyl adjacent to an activating group) is 1. The number of hydrogen-bond donors (Lipinski definition) is 1. The van der Waals surface area contributed by atoms with Crippen LogP contribution in [-0.4, -0.2) is 43.9 Å². The van der Waals surface area contributed by atoms with Crippen LogP contribution in [0.2, 0.25) is 0 Å². The molecule has 2 rings (SSSR count). The molecule has 0 saturated carbocycles. The van der Waals surface area contributed by atoms with Crippen LogP contribution in [0.25, 0.3) is 0 Å². The molecule has 0 heterocycles. The minimum atomic E-state index is -0.565. The van der Waals surface area contributed by atoms with Gasteiger partial charge in [-0.05, 0) is 37.4 Å². The second-order valence-corrected chi connectivity index (χ2v) is 6.79. The average Bonchev–Trinajstić information content (AvgIpc) is 2.58. The van der Waals surface area contributed by atoms with Crippen LogP contribution in [0.15, 0.2) is 59.5 Å². The zero-order valence-corrected chi connectivity index (χ0v) is 14.6. The molecule has 23 heavy (non-hydrogen) atoms. The Hall–Kier alpha value is -1.33. The summed E-state index contributed by atoms with van der Waals surface area (Å²) in [4.78, 5) is 3.27.